The molecule has 0 saturated heterocycles. The Morgan fingerprint density at radius 1 is 1.27 bits per heavy atom. The van der Waals surface area contributed by atoms with Gasteiger partial charge in [0, 0.05) is 17.8 Å². The van der Waals surface area contributed by atoms with Crippen LogP contribution < -0.4 is 0 Å². The molecular formula is C10H17N. The molecule has 0 saturated carbocycles. The van der Waals surface area contributed by atoms with Crippen LogP contribution in [-0.2, 0) is 0 Å². The molecule has 0 aromatic rings. The van der Waals surface area contributed by atoms with E-state index in [-0.39, 0.29) is 0 Å². The van der Waals surface area contributed by atoms with Crippen LogP contribution in [0, 0.1) is 11.8 Å². The summed E-state index contributed by atoms with van der Waals surface area (Å²) in [7, 11) is 0. The van der Waals surface area contributed by atoms with Crippen molar-refractivity contribution in [3.63, 3.8) is 0 Å². The molecule has 11 heavy (non-hydrogen) atoms. The van der Waals surface area contributed by atoms with Gasteiger partial charge in [0.15, 0.2) is 0 Å². The van der Waals surface area contributed by atoms with Gasteiger partial charge in [0.05, 0.1) is 0 Å². The molecule has 1 heteroatoms. The number of allylic oxidation sites excluding steroid dienone is 1. The Labute approximate surface area is 69.5 Å². The Morgan fingerprint density at radius 2 is 1.82 bits per heavy atom. The number of hydrogen-bond acceptors (Lipinski definition) is 1. The van der Waals surface area contributed by atoms with Gasteiger partial charge in [-0.05, 0) is 12.0 Å². The molecule has 0 spiro atoms. The Balaban J connectivity index is 4.37. The first-order valence-electron chi connectivity index (χ1n) is 3.94. The van der Waals surface area contributed by atoms with Crippen LogP contribution in [0.1, 0.15) is 20.8 Å². The van der Waals surface area contributed by atoms with Gasteiger partial charge in [-0.1, -0.05) is 33.9 Å². The van der Waals surface area contributed by atoms with E-state index >= 15 is 0 Å². The molecule has 0 heterocycles. The quantitative estimate of drug-likeness (QED) is 0.548. The average Bonchev–Trinajstić information content (AvgIpc) is 1.98. The van der Waals surface area contributed by atoms with Crippen molar-refractivity contribution in [1.82, 2.24) is 0 Å². The third-order valence-corrected chi connectivity index (χ3v) is 1.92. The van der Waals surface area contributed by atoms with Crippen molar-refractivity contribution < 1.29 is 0 Å². The minimum atomic E-state index is 0.463. The van der Waals surface area contributed by atoms with Gasteiger partial charge < -0.3 is 0 Å². The summed E-state index contributed by atoms with van der Waals surface area (Å²) in [5.41, 5.74) is 1.02. The van der Waals surface area contributed by atoms with E-state index in [1.165, 1.54) is 0 Å². The highest BCUT2D eigenvalue weighted by atomic mass is 14.7. The minimum absolute atomic E-state index is 0.463. The predicted molar refractivity (Wildman–Crippen MR) is 51.8 cm³/mol. The first-order chi connectivity index (χ1) is 5.13. The van der Waals surface area contributed by atoms with Crippen LogP contribution in [0.4, 0.5) is 0 Å². The minimum Gasteiger partial charge on any atom is -0.262 e. The molecule has 0 aromatic carbocycles. The number of nitrogens with zero attached hydrogens (tertiary/aromatic N) is 1. The van der Waals surface area contributed by atoms with E-state index in [9.17, 15) is 0 Å². The van der Waals surface area contributed by atoms with Gasteiger partial charge in [-0.25, -0.2) is 0 Å². The second kappa shape index (κ2) is 4.89. The van der Waals surface area contributed by atoms with E-state index in [2.05, 4.69) is 38.9 Å². The smallest absolute Gasteiger partial charge is 0.0428 e. The maximum Gasteiger partial charge on any atom is 0.0428 e. The molecule has 0 aliphatic heterocycles. The van der Waals surface area contributed by atoms with Crippen molar-refractivity contribution in [2.45, 2.75) is 20.8 Å². The highest BCUT2D eigenvalue weighted by molar-refractivity contribution is 5.96. The van der Waals surface area contributed by atoms with Gasteiger partial charge in [0.25, 0.3) is 0 Å². The van der Waals surface area contributed by atoms with Crippen LogP contribution in [0.5, 0.6) is 0 Å². The fourth-order valence-corrected chi connectivity index (χ4v) is 0.803. The maximum atomic E-state index is 4.13. The molecule has 0 aliphatic rings. The number of hydrogen-bond donors (Lipinski definition) is 0. The zero-order chi connectivity index (χ0) is 8.85. The van der Waals surface area contributed by atoms with Crippen molar-refractivity contribution in [2.75, 3.05) is 0 Å². The average molecular weight is 151 g/mol. The fraction of sp³-hybridized carbons (Fsp3) is 0.500. The Kier molecular flexibility index (Phi) is 4.51. The lowest BCUT2D eigenvalue weighted by atomic mass is 9.93. The molecule has 0 aromatic heterocycles. The first kappa shape index (κ1) is 10.2. The highest BCUT2D eigenvalue weighted by Crippen LogP contribution is 2.12. The van der Waals surface area contributed by atoms with E-state index in [4.69, 9.17) is 0 Å². The van der Waals surface area contributed by atoms with Crippen LogP contribution in [0.15, 0.2) is 30.4 Å². The molecule has 1 nitrogen and oxygen atoms in total. The Bertz CT molecular complexity index is 166. The summed E-state index contributed by atoms with van der Waals surface area (Å²) in [6, 6.07) is 0. The number of rotatable bonds is 4. The van der Waals surface area contributed by atoms with Crippen LogP contribution in [-0.4, -0.2) is 5.71 Å². The van der Waals surface area contributed by atoms with Crippen LogP contribution in [0.2, 0.25) is 0 Å². The van der Waals surface area contributed by atoms with E-state index in [0.717, 1.165) is 5.71 Å². The second-order valence-electron chi connectivity index (χ2n) is 2.97. The van der Waals surface area contributed by atoms with E-state index in [1.54, 1.807) is 12.3 Å². The first-order valence-corrected chi connectivity index (χ1v) is 3.94. The lowest BCUT2D eigenvalue weighted by molar-refractivity contribution is 0.534. The third kappa shape index (κ3) is 3.17. The Morgan fingerprint density at radius 3 is 2.09 bits per heavy atom. The van der Waals surface area contributed by atoms with Crippen molar-refractivity contribution in [3.8, 4) is 0 Å². The predicted octanol–water partition coefficient (Wildman–Crippen LogP) is 3.05. The van der Waals surface area contributed by atoms with Crippen LogP contribution in [0.25, 0.3) is 0 Å². The standard InChI is InChI=1S/C10H17N/c1-6-10(11-7-2)9(5)8(3)4/h6-9H,1-2H2,3-5H3/t9-/m1/s1. The zero-order valence-electron chi connectivity index (χ0n) is 7.67. The van der Waals surface area contributed by atoms with Gasteiger partial charge in [0.1, 0.15) is 0 Å². The molecule has 62 valence electrons. The molecule has 1 atom stereocenters. The van der Waals surface area contributed by atoms with Gasteiger partial charge in [-0.3, -0.25) is 4.99 Å². The van der Waals surface area contributed by atoms with Crippen molar-refractivity contribution >= 4 is 5.71 Å². The summed E-state index contributed by atoms with van der Waals surface area (Å²) >= 11 is 0. The molecule has 0 fully saturated rings. The molecule has 0 bridgehead atoms. The van der Waals surface area contributed by atoms with Crippen molar-refractivity contribution in [3.05, 3.63) is 25.4 Å². The summed E-state index contributed by atoms with van der Waals surface area (Å²) in [6.07, 6.45) is 3.36. The lowest BCUT2D eigenvalue weighted by Crippen LogP contribution is -2.14. The largest absolute Gasteiger partial charge is 0.262 e. The fourth-order valence-electron chi connectivity index (χ4n) is 0.803. The van der Waals surface area contributed by atoms with Crippen LogP contribution in [0.3, 0.4) is 0 Å². The van der Waals surface area contributed by atoms with E-state index < -0.39 is 0 Å². The lowest BCUT2D eigenvalue weighted by Gasteiger charge is -2.14. The molecule has 0 unspecified atom stereocenters. The normalized spacial score (nSPS) is 14.7. The molecule has 0 N–H and O–H groups in total. The van der Waals surface area contributed by atoms with Crippen molar-refractivity contribution in [2.24, 2.45) is 16.8 Å². The van der Waals surface area contributed by atoms with Gasteiger partial charge >= 0.3 is 0 Å². The Hall–Kier alpha value is -0.850. The van der Waals surface area contributed by atoms with E-state index in [0.29, 0.717) is 11.8 Å². The summed E-state index contributed by atoms with van der Waals surface area (Å²) in [4.78, 5) is 4.13. The molecular weight excluding hydrogens is 134 g/mol. The second-order valence-corrected chi connectivity index (χ2v) is 2.97. The van der Waals surface area contributed by atoms with E-state index in [1.807, 2.05) is 0 Å². The SMILES string of the molecule is C=CN=C(C=C)[C@H](C)C(C)C. The van der Waals surface area contributed by atoms with Gasteiger partial charge in [0.2, 0.25) is 0 Å². The van der Waals surface area contributed by atoms with Gasteiger partial charge in [-0.2, -0.15) is 0 Å². The molecule has 0 amide bonds. The van der Waals surface area contributed by atoms with Gasteiger partial charge in [-0.15, -0.1) is 0 Å². The molecule has 0 aliphatic carbocycles. The molecule has 0 radical (unpaired) electrons. The third-order valence-electron chi connectivity index (χ3n) is 1.92. The summed E-state index contributed by atoms with van der Waals surface area (Å²) in [5, 5.41) is 0. The summed E-state index contributed by atoms with van der Waals surface area (Å²) in [6.45, 7) is 13.8. The van der Waals surface area contributed by atoms with Crippen LogP contribution >= 0.6 is 0 Å². The highest BCUT2D eigenvalue weighted by Gasteiger charge is 2.10. The number of aliphatic imine (C=N–C) groups is 1. The topological polar surface area (TPSA) is 12.4 Å². The van der Waals surface area contributed by atoms with Crippen molar-refractivity contribution in [1.29, 1.82) is 0 Å². The summed E-state index contributed by atoms with van der Waals surface area (Å²) in [5.74, 6) is 1.07. The zero-order valence-corrected chi connectivity index (χ0v) is 7.67. The monoisotopic (exact) mass is 151 g/mol. The summed E-state index contributed by atoms with van der Waals surface area (Å²) < 4.78 is 0. The maximum absolute atomic E-state index is 4.13. The molecule has 0 rings (SSSR count).